The van der Waals surface area contributed by atoms with Gasteiger partial charge in [-0.15, -0.1) is 6.42 Å². The molecule has 0 aliphatic heterocycles. The minimum absolute atomic E-state index is 0.0509. The Balaban J connectivity index is 2.72. The Morgan fingerprint density at radius 3 is 2.77 bits per heavy atom. The summed E-state index contributed by atoms with van der Waals surface area (Å²) in [6.45, 7) is 6.36. The fraction of sp³-hybridized carbons (Fsp3) is 0.412. The molecule has 0 unspecified atom stereocenters. The molecule has 0 saturated heterocycles. The van der Waals surface area contributed by atoms with E-state index in [0.29, 0.717) is 31.2 Å². The van der Waals surface area contributed by atoms with Crippen molar-refractivity contribution in [3.63, 3.8) is 0 Å². The second kappa shape index (κ2) is 10.3. The Hall–Kier alpha value is -2.48. The maximum absolute atomic E-state index is 11.9. The van der Waals surface area contributed by atoms with E-state index in [-0.39, 0.29) is 5.91 Å². The van der Waals surface area contributed by atoms with Crippen LogP contribution < -0.4 is 16.0 Å². The van der Waals surface area contributed by atoms with Crippen molar-refractivity contribution in [2.45, 2.75) is 26.8 Å². The number of guanidine groups is 1. The highest BCUT2D eigenvalue weighted by Crippen LogP contribution is 2.06. The number of nitrogens with zero attached hydrogens (tertiary/aromatic N) is 1. The number of rotatable bonds is 7. The Kier molecular flexibility index (Phi) is 8.21. The number of hydrogen-bond acceptors (Lipinski definition) is 2. The lowest BCUT2D eigenvalue weighted by Crippen LogP contribution is -2.37. The topological polar surface area (TPSA) is 65.5 Å². The maximum Gasteiger partial charge on any atom is 0.251 e. The van der Waals surface area contributed by atoms with Crippen molar-refractivity contribution >= 4 is 11.9 Å². The number of terminal acetylenes is 1. The van der Waals surface area contributed by atoms with Crippen molar-refractivity contribution in [2.75, 3.05) is 19.6 Å². The molecule has 0 atom stereocenters. The molecule has 0 fully saturated rings. The average Bonchev–Trinajstić information content (AvgIpc) is 2.55. The van der Waals surface area contributed by atoms with E-state index in [1.54, 1.807) is 6.07 Å². The van der Waals surface area contributed by atoms with E-state index >= 15 is 0 Å². The molecule has 0 radical (unpaired) electrons. The van der Waals surface area contributed by atoms with Gasteiger partial charge in [-0.25, -0.2) is 4.99 Å². The minimum atomic E-state index is -0.0509. The zero-order valence-electron chi connectivity index (χ0n) is 13.3. The first-order valence-corrected chi connectivity index (χ1v) is 7.54. The largest absolute Gasteiger partial charge is 0.357 e. The summed E-state index contributed by atoms with van der Waals surface area (Å²) in [6, 6.07) is 7.48. The standard InChI is InChI=1S/C17H24N4O/c1-4-10-19-16(22)15-9-7-8-14(12-15)13-21-17(18-6-3)20-11-5-2/h2,7-9,12H,4,6,10-11,13H2,1,3H3,(H,19,22)(H2,18,20,21). The highest BCUT2D eigenvalue weighted by Gasteiger charge is 2.05. The number of hydrogen-bond donors (Lipinski definition) is 3. The van der Waals surface area contributed by atoms with Crippen molar-refractivity contribution in [1.29, 1.82) is 0 Å². The van der Waals surface area contributed by atoms with Gasteiger partial charge in [0.05, 0.1) is 13.1 Å². The van der Waals surface area contributed by atoms with Crippen LogP contribution in [0.25, 0.3) is 0 Å². The molecule has 22 heavy (non-hydrogen) atoms. The summed E-state index contributed by atoms with van der Waals surface area (Å²) in [6.07, 6.45) is 6.15. The van der Waals surface area contributed by atoms with E-state index < -0.39 is 0 Å². The number of nitrogens with one attached hydrogen (secondary N) is 3. The first-order valence-electron chi connectivity index (χ1n) is 7.54. The molecule has 5 nitrogen and oxygen atoms in total. The second-order valence-electron chi connectivity index (χ2n) is 4.71. The molecule has 5 heteroatoms. The maximum atomic E-state index is 11.9. The predicted molar refractivity (Wildman–Crippen MR) is 90.7 cm³/mol. The smallest absolute Gasteiger partial charge is 0.251 e. The second-order valence-corrected chi connectivity index (χ2v) is 4.71. The SMILES string of the molecule is C#CCNC(=NCc1cccc(C(=O)NCCC)c1)NCC. The molecule has 1 rings (SSSR count). The Morgan fingerprint density at radius 2 is 2.09 bits per heavy atom. The van der Waals surface area contributed by atoms with E-state index in [2.05, 4.69) is 26.9 Å². The fourth-order valence-corrected chi connectivity index (χ4v) is 1.80. The molecule has 0 bridgehead atoms. The van der Waals surface area contributed by atoms with Gasteiger partial charge in [-0.05, 0) is 31.0 Å². The predicted octanol–water partition coefficient (Wildman–Crippen LogP) is 1.51. The molecule has 0 aliphatic rings. The molecule has 1 aromatic rings. The fourth-order valence-electron chi connectivity index (χ4n) is 1.80. The summed E-state index contributed by atoms with van der Waals surface area (Å²) < 4.78 is 0. The minimum Gasteiger partial charge on any atom is -0.357 e. The zero-order chi connectivity index (χ0) is 16.2. The molecule has 0 saturated carbocycles. The third-order valence-electron chi connectivity index (χ3n) is 2.85. The van der Waals surface area contributed by atoms with Crippen LogP contribution in [-0.4, -0.2) is 31.5 Å². The van der Waals surface area contributed by atoms with Crippen molar-refractivity contribution in [3.8, 4) is 12.3 Å². The lowest BCUT2D eigenvalue weighted by Gasteiger charge is -2.09. The van der Waals surface area contributed by atoms with Gasteiger partial charge in [0.1, 0.15) is 0 Å². The van der Waals surface area contributed by atoms with E-state index in [1.807, 2.05) is 32.0 Å². The Labute approximate surface area is 132 Å². The first kappa shape index (κ1) is 17.6. The van der Waals surface area contributed by atoms with Crippen molar-refractivity contribution in [2.24, 2.45) is 4.99 Å². The van der Waals surface area contributed by atoms with Crippen LogP contribution in [0.5, 0.6) is 0 Å². The molecule has 0 heterocycles. The zero-order valence-corrected chi connectivity index (χ0v) is 13.3. The van der Waals surface area contributed by atoms with E-state index in [0.717, 1.165) is 18.5 Å². The molecule has 0 aromatic heterocycles. The van der Waals surface area contributed by atoms with Gasteiger partial charge in [0.2, 0.25) is 0 Å². The molecule has 3 N–H and O–H groups in total. The molecular formula is C17H24N4O. The summed E-state index contributed by atoms with van der Waals surface area (Å²) >= 11 is 0. The summed E-state index contributed by atoms with van der Waals surface area (Å²) in [5.41, 5.74) is 1.63. The molecule has 118 valence electrons. The van der Waals surface area contributed by atoms with Crippen LogP contribution in [0, 0.1) is 12.3 Å². The quantitative estimate of drug-likeness (QED) is 0.406. The molecular weight excluding hydrogens is 276 g/mol. The summed E-state index contributed by atoms with van der Waals surface area (Å²) in [7, 11) is 0. The number of carbonyl (C=O) groups is 1. The third kappa shape index (κ3) is 6.31. The molecule has 0 aliphatic carbocycles. The highest BCUT2D eigenvalue weighted by molar-refractivity contribution is 5.94. The number of aliphatic imine (C=N–C) groups is 1. The van der Waals surface area contributed by atoms with Crippen LogP contribution in [-0.2, 0) is 6.54 Å². The van der Waals surface area contributed by atoms with E-state index in [9.17, 15) is 4.79 Å². The number of amides is 1. The lowest BCUT2D eigenvalue weighted by molar-refractivity contribution is 0.0953. The van der Waals surface area contributed by atoms with Crippen LogP contribution in [0.3, 0.4) is 0 Å². The van der Waals surface area contributed by atoms with Gasteiger partial charge < -0.3 is 16.0 Å². The van der Waals surface area contributed by atoms with Gasteiger partial charge in [-0.2, -0.15) is 0 Å². The van der Waals surface area contributed by atoms with Gasteiger partial charge >= 0.3 is 0 Å². The average molecular weight is 300 g/mol. The Morgan fingerprint density at radius 1 is 1.27 bits per heavy atom. The third-order valence-corrected chi connectivity index (χ3v) is 2.85. The van der Waals surface area contributed by atoms with Gasteiger partial charge in [0.15, 0.2) is 5.96 Å². The van der Waals surface area contributed by atoms with Crippen molar-refractivity contribution < 1.29 is 4.79 Å². The lowest BCUT2D eigenvalue weighted by atomic mass is 10.1. The number of carbonyl (C=O) groups excluding carboxylic acids is 1. The van der Waals surface area contributed by atoms with E-state index in [1.165, 1.54) is 0 Å². The van der Waals surface area contributed by atoms with Gasteiger partial charge in [-0.3, -0.25) is 4.79 Å². The normalized spacial score (nSPS) is 10.7. The van der Waals surface area contributed by atoms with Crippen LogP contribution in [0.15, 0.2) is 29.3 Å². The van der Waals surface area contributed by atoms with Gasteiger partial charge in [0.25, 0.3) is 5.91 Å². The monoisotopic (exact) mass is 300 g/mol. The highest BCUT2D eigenvalue weighted by atomic mass is 16.1. The van der Waals surface area contributed by atoms with Gasteiger partial charge in [0, 0.05) is 18.7 Å². The first-order chi connectivity index (χ1) is 10.7. The Bertz CT molecular complexity index is 546. The summed E-state index contributed by atoms with van der Waals surface area (Å²) in [4.78, 5) is 16.4. The van der Waals surface area contributed by atoms with Crippen molar-refractivity contribution in [1.82, 2.24) is 16.0 Å². The van der Waals surface area contributed by atoms with Crippen molar-refractivity contribution in [3.05, 3.63) is 35.4 Å². The summed E-state index contributed by atoms with van der Waals surface area (Å²) in [5.74, 6) is 3.13. The van der Waals surface area contributed by atoms with Crippen LogP contribution in [0.2, 0.25) is 0 Å². The van der Waals surface area contributed by atoms with E-state index in [4.69, 9.17) is 6.42 Å². The van der Waals surface area contributed by atoms with Crippen LogP contribution >= 0.6 is 0 Å². The van der Waals surface area contributed by atoms with Crippen LogP contribution in [0.4, 0.5) is 0 Å². The molecule has 1 aromatic carbocycles. The number of benzene rings is 1. The van der Waals surface area contributed by atoms with Gasteiger partial charge in [-0.1, -0.05) is 25.0 Å². The summed E-state index contributed by atoms with van der Waals surface area (Å²) in [5, 5.41) is 9.01. The van der Waals surface area contributed by atoms with Crippen LogP contribution in [0.1, 0.15) is 36.2 Å². The molecule has 1 amide bonds. The molecule has 0 spiro atoms.